The van der Waals surface area contributed by atoms with Crippen molar-refractivity contribution in [3.8, 4) is 0 Å². The third-order valence-corrected chi connectivity index (χ3v) is 5.08. The van der Waals surface area contributed by atoms with Crippen LogP contribution in [0.3, 0.4) is 0 Å². The number of carbonyl (C=O) groups is 2. The highest BCUT2D eigenvalue weighted by Crippen LogP contribution is 2.37. The van der Waals surface area contributed by atoms with Gasteiger partial charge < -0.3 is 10.1 Å². The number of amides is 2. The summed E-state index contributed by atoms with van der Waals surface area (Å²) >= 11 is 0. The van der Waals surface area contributed by atoms with Gasteiger partial charge in [-0.3, -0.25) is 19.4 Å². The number of morpholine rings is 1. The number of benzene rings is 1. The number of rotatable bonds is 2. The van der Waals surface area contributed by atoms with E-state index in [1.165, 1.54) is 0 Å². The summed E-state index contributed by atoms with van der Waals surface area (Å²) in [5.74, 6) is -0.232. The predicted molar refractivity (Wildman–Crippen MR) is 97.7 cm³/mol. The summed E-state index contributed by atoms with van der Waals surface area (Å²) in [5, 5.41) is 2.90. The average Bonchev–Trinajstić information content (AvgIpc) is 2.53. The van der Waals surface area contributed by atoms with Crippen LogP contribution in [-0.2, 0) is 14.3 Å². The standard InChI is InChI=1S/C19H27N3O3/c1-12-10-21(11-13(2)25-12)14(3)17(23)22-16-9-7-6-8-15(16)20-18(24)19(22,4)5/h6-9,12-14H,10-11H2,1-5H3,(H,20,24)/t12-,13+,14-/m0/s1. The maximum atomic E-state index is 13.4. The van der Waals surface area contributed by atoms with Crippen LogP contribution in [0.2, 0.25) is 0 Å². The van der Waals surface area contributed by atoms with E-state index in [1.807, 2.05) is 45.0 Å². The zero-order valence-electron chi connectivity index (χ0n) is 15.6. The lowest BCUT2D eigenvalue weighted by molar-refractivity contribution is -0.133. The Morgan fingerprint density at radius 1 is 1.24 bits per heavy atom. The molecule has 0 spiro atoms. The Bertz CT molecular complexity index is 678. The van der Waals surface area contributed by atoms with Crippen molar-refractivity contribution in [2.24, 2.45) is 0 Å². The summed E-state index contributed by atoms with van der Waals surface area (Å²) < 4.78 is 5.78. The number of anilines is 2. The Balaban J connectivity index is 1.93. The number of hydrogen-bond acceptors (Lipinski definition) is 4. The van der Waals surface area contributed by atoms with E-state index in [1.54, 1.807) is 18.7 Å². The molecule has 1 aromatic carbocycles. The first kappa shape index (κ1) is 17.9. The van der Waals surface area contributed by atoms with Crippen LogP contribution in [0.4, 0.5) is 11.4 Å². The summed E-state index contributed by atoms with van der Waals surface area (Å²) in [6.07, 6.45) is 0.174. The number of para-hydroxylation sites is 2. The number of ether oxygens (including phenoxy) is 1. The van der Waals surface area contributed by atoms with Gasteiger partial charge in [0.05, 0.1) is 29.6 Å². The maximum absolute atomic E-state index is 13.4. The van der Waals surface area contributed by atoms with E-state index in [0.29, 0.717) is 18.8 Å². The monoisotopic (exact) mass is 345 g/mol. The molecule has 1 saturated heterocycles. The van der Waals surface area contributed by atoms with Gasteiger partial charge in [0.15, 0.2) is 0 Å². The van der Waals surface area contributed by atoms with Gasteiger partial charge in [-0.15, -0.1) is 0 Å². The molecule has 2 amide bonds. The third-order valence-electron chi connectivity index (χ3n) is 5.08. The number of hydrogen-bond donors (Lipinski definition) is 1. The van der Waals surface area contributed by atoms with Crippen molar-refractivity contribution in [2.45, 2.75) is 58.4 Å². The average molecular weight is 345 g/mol. The van der Waals surface area contributed by atoms with E-state index in [4.69, 9.17) is 4.74 Å². The van der Waals surface area contributed by atoms with Crippen LogP contribution in [0.15, 0.2) is 24.3 Å². The summed E-state index contributed by atoms with van der Waals surface area (Å²) in [6.45, 7) is 10.9. The fraction of sp³-hybridized carbons (Fsp3) is 0.579. The van der Waals surface area contributed by atoms with Crippen molar-refractivity contribution in [3.63, 3.8) is 0 Å². The van der Waals surface area contributed by atoms with E-state index >= 15 is 0 Å². The predicted octanol–water partition coefficient (Wildman–Crippen LogP) is 2.25. The van der Waals surface area contributed by atoms with Gasteiger partial charge in [-0.05, 0) is 46.8 Å². The molecule has 0 unspecified atom stereocenters. The molecule has 6 heteroatoms. The molecule has 2 heterocycles. The molecule has 25 heavy (non-hydrogen) atoms. The summed E-state index contributed by atoms with van der Waals surface area (Å²) in [6, 6.07) is 7.12. The first-order valence-corrected chi connectivity index (χ1v) is 8.86. The first-order chi connectivity index (χ1) is 11.7. The van der Waals surface area contributed by atoms with E-state index in [0.717, 1.165) is 5.69 Å². The minimum Gasteiger partial charge on any atom is -0.373 e. The van der Waals surface area contributed by atoms with Crippen LogP contribution in [0.1, 0.15) is 34.6 Å². The largest absolute Gasteiger partial charge is 0.373 e. The fourth-order valence-corrected chi connectivity index (χ4v) is 3.72. The summed E-state index contributed by atoms with van der Waals surface area (Å²) in [7, 11) is 0. The van der Waals surface area contributed by atoms with Gasteiger partial charge in [-0.1, -0.05) is 12.1 Å². The van der Waals surface area contributed by atoms with Gasteiger partial charge in [-0.2, -0.15) is 0 Å². The van der Waals surface area contributed by atoms with Crippen LogP contribution in [0.25, 0.3) is 0 Å². The van der Waals surface area contributed by atoms with Crippen molar-refractivity contribution in [1.29, 1.82) is 0 Å². The zero-order chi connectivity index (χ0) is 18.4. The number of carbonyl (C=O) groups excluding carboxylic acids is 2. The molecule has 2 aliphatic heterocycles. The molecular weight excluding hydrogens is 318 g/mol. The number of fused-ring (bicyclic) bond motifs is 1. The molecule has 2 aliphatic rings. The minimum atomic E-state index is -0.941. The quantitative estimate of drug-likeness (QED) is 0.893. The van der Waals surface area contributed by atoms with Crippen molar-refractivity contribution in [1.82, 2.24) is 4.90 Å². The first-order valence-electron chi connectivity index (χ1n) is 8.86. The molecule has 0 saturated carbocycles. The van der Waals surface area contributed by atoms with Gasteiger partial charge in [0.25, 0.3) is 0 Å². The van der Waals surface area contributed by atoms with Gasteiger partial charge in [0, 0.05) is 13.1 Å². The van der Waals surface area contributed by atoms with Gasteiger partial charge in [0.1, 0.15) is 5.54 Å². The van der Waals surface area contributed by atoms with Crippen LogP contribution in [0, 0.1) is 0 Å². The molecule has 3 rings (SSSR count). The van der Waals surface area contributed by atoms with Crippen LogP contribution < -0.4 is 10.2 Å². The molecule has 0 bridgehead atoms. The van der Waals surface area contributed by atoms with Crippen LogP contribution in [0.5, 0.6) is 0 Å². The molecule has 1 N–H and O–H groups in total. The van der Waals surface area contributed by atoms with E-state index < -0.39 is 5.54 Å². The molecule has 1 aromatic rings. The smallest absolute Gasteiger partial charge is 0.250 e. The zero-order valence-corrected chi connectivity index (χ0v) is 15.6. The number of nitrogens with one attached hydrogen (secondary N) is 1. The van der Waals surface area contributed by atoms with Crippen LogP contribution in [-0.4, -0.2) is 53.6 Å². The lowest BCUT2D eigenvalue weighted by atomic mass is 9.95. The van der Waals surface area contributed by atoms with E-state index in [2.05, 4.69) is 10.2 Å². The highest BCUT2D eigenvalue weighted by molar-refractivity contribution is 6.15. The third kappa shape index (κ3) is 3.16. The second-order valence-corrected chi connectivity index (χ2v) is 7.59. The molecular formula is C19H27N3O3. The summed E-state index contributed by atoms with van der Waals surface area (Å²) in [4.78, 5) is 29.8. The van der Waals surface area contributed by atoms with E-state index in [9.17, 15) is 9.59 Å². The topological polar surface area (TPSA) is 61.9 Å². The lowest BCUT2D eigenvalue weighted by Crippen LogP contribution is -2.63. The van der Waals surface area contributed by atoms with Crippen LogP contribution >= 0.6 is 0 Å². The molecule has 0 aromatic heterocycles. The molecule has 0 aliphatic carbocycles. The summed E-state index contributed by atoms with van der Waals surface area (Å²) in [5.41, 5.74) is 0.484. The molecule has 1 fully saturated rings. The van der Waals surface area contributed by atoms with Crippen molar-refractivity contribution in [3.05, 3.63) is 24.3 Å². The molecule has 0 radical (unpaired) electrons. The Morgan fingerprint density at radius 3 is 2.48 bits per heavy atom. The number of nitrogens with zero attached hydrogens (tertiary/aromatic N) is 2. The van der Waals surface area contributed by atoms with Crippen molar-refractivity contribution < 1.29 is 14.3 Å². The Morgan fingerprint density at radius 2 is 1.84 bits per heavy atom. The highest BCUT2D eigenvalue weighted by Gasteiger charge is 2.45. The fourth-order valence-electron chi connectivity index (χ4n) is 3.72. The molecule has 3 atom stereocenters. The molecule has 6 nitrogen and oxygen atoms in total. The molecule has 136 valence electrons. The van der Waals surface area contributed by atoms with Gasteiger partial charge >= 0.3 is 0 Å². The van der Waals surface area contributed by atoms with Crippen molar-refractivity contribution in [2.75, 3.05) is 23.3 Å². The van der Waals surface area contributed by atoms with Gasteiger partial charge in [0.2, 0.25) is 11.8 Å². The Hall–Kier alpha value is -1.92. The highest BCUT2D eigenvalue weighted by atomic mass is 16.5. The minimum absolute atomic E-state index is 0.0615. The second-order valence-electron chi connectivity index (χ2n) is 7.59. The maximum Gasteiger partial charge on any atom is 0.250 e. The second kappa shape index (κ2) is 6.42. The SMILES string of the molecule is C[C@@H]1CN([C@@H](C)C(=O)N2c3ccccc3NC(=O)C2(C)C)C[C@H](C)O1. The Labute approximate surface area is 149 Å². The normalized spacial score (nSPS) is 27.4. The van der Waals surface area contributed by atoms with Crippen molar-refractivity contribution >= 4 is 23.2 Å². The Kier molecular flexibility index (Phi) is 4.60. The van der Waals surface area contributed by atoms with Gasteiger partial charge in [-0.25, -0.2) is 0 Å². The van der Waals surface area contributed by atoms with E-state index in [-0.39, 0.29) is 30.1 Å². The lowest BCUT2D eigenvalue weighted by Gasteiger charge is -2.45.